The molecule has 19 nitrogen and oxygen atoms in total. The Bertz CT molecular complexity index is 2540. The van der Waals surface area contributed by atoms with Gasteiger partial charge in [-0.3, -0.25) is 35.8 Å². The summed E-state index contributed by atoms with van der Waals surface area (Å²) < 4.78 is 0. The molecule has 7 aromatic rings. The van der Waals surface area contributed by atoms with Crippen molar-refractivity contribution in [3.05, 3.63) is 153 Å². The number of nitro benzene ring substituents is 3. The first kappa shape index (κ1) is 34.7. The second kappa shape index (κ2) is 14.0. The summed E-state index contributed by atoms with van der Waals surface area (Å²) >= 11 is 11.9. The Balaban J connectivity index is 0.000000215. The monoisotopic (exact) mass is 745 g/mol. The average Bonchev–Trinajstić information content (AvgIpc) is 3.63. The first-order chi connectivity index (χ1) is 24.8. The summed E-state index contributed by atoms with van der Waals surface area (Å²) in [5.41, 5.74) is 5.98. The van der Waals surface area contributed by atoms with E-state index in [0.29, 0.717) is 43.3 Å². The van der Waals surface area contributed by atoms with E-state index < -0.39 is 42.9 Å². The van der Waals surface area contributed by atoms with Crippen LogP contribution in [0, 0.1) is 47.7 Å². The largest absolute Gasteiger partial charge is 0.692 e. The number of aromatic nitrogens is 6. The molecule has 0 saturated carbocycles. The van der Waals surface area contributed by atoms with Crippen molar-refractivity contribution in [3.63, 3.8) is 0 Å². The molecule has 0 spiro atoms. The van der Waals surface area contributed by atoms with Crippen molar-refractivity contribution < 1.29 is 24.5 Å². The van der Waals surface area contributed by atoms with Crippen LogP contribution in [-0.4, -0.2) is 34.6 Å². The van der Waals surface area contributed by atoms with Crippen LogP contribution < -0.4 is 20.5 Å². The van der Waals surface area contributed by atoms with E-state index in [-0.39, 0.29) is 16.2 Å². The van der Waals surface area contributed by atoms with Crippen LogP contribution in [0.25, 0.3) is 33.4 Å². The van der Waals surface area contributed by atoms with Gasteiger partial charge in [-0.05, 0) is 82.7 Å². The fourth-order valence-corrected chi connectivity index (χ4v) is 5.28. The summed E-state index contributed by atoms with van der Waals surface area (Å²) in [6.07, 6.45) is 0. The number of hydrogen-bond acceptors (Lipinski definition) is 12. The predicted octanol–water partition coefficient (Wildman–Crippen LogP) is 6.10. The molecular formula is C31H21Cl2N11O8. The Morgan fingerprint density at radius 2 is 1.38 bits per heavy atom. The molecule has 2 heterocycles. The van der Waals surface area contributed by atoms with Gasteiger partial charge in [0, 0.05) is 11.1 Å². The van der Waals surface area contributed by atoms with Gasteiger partial charge in [0.25, 0.3) is 11.4 Å². The predicted molar refractivity (Wildman–Crippen MR) is 188 cm³/mol. The lowest BCUT2D eigenvalue weighted by Crippen LogP contribution is -2.37. The number of anilines is 2. The molecule has 0 unspecified atom stereocenters. The topological polar surface area (TPSA) is 243 Å². The highest BCUT2D eigenvalue weighted by Gasteiger charge is 2.31. The van der Waals surface area contributed by atoms with Crippen LogP contribution in [0.4, 0.5) is 28.4 Å². The molecule has 2 aromatic heterocycles. The third kappa shape index (κ3) is 6.84. The van der Waals surface area contributed by atoms with Gasteiger partial charge in [0.05, 0.1) is 47.8 Å². The molecule has 262 valence electrons. The Hall–Kier alpha value is -7.12. The maximum atomic E-state index is 12.7. The van der Waals surface area contributed by atoms with E-state index in [1.165, 1.54) is 16.9 Å². The molecule has 0 amide bonds. The molecule has 0 bridgehead atoms. The summed E-state index contributed by atoms with van der Waals surface area (Å²) in [6.45, 7) is 1.94. The zero-order valence-electron chi connectivity index (χ0n) is 26.3. The number of nitrogens with zero attached hydrogens (tertiary/aromatic N) is 9. The summed E-state index contributed by atoms with van der Waals surface area (Å²) in [5, 5.41) is 68.1. The van der Waals surface area contributed by atoms with Crippen LogP contribution in [0.3, 0.4) is 0 Å². The van der Waals surface area contributed by atoms with Gasteiger partial charge >= 0.3 is 11.2 Å². The minimum absolute atomic E-state index is 0.0412. The number of benzene rings is 5. The molecule has 0 aliphatic rings. The van der Waals surface area contributed by atoms with E-state index in [4.69, 9.17) is 23.2 Å². The van der Waals surface area contributed by atoms with Gasteiger partial charge in [-0.2, -0.15) is 0 Å². The van der Waals surface area contributed by atoms with Crippen LogP contribution in [0.1, 0.15) is 5.56 Å². The molecular weight excluding hydrogens is 725 g/mol. The molecule has 0 aliphatic heterocycles. The standard InChI is InChI=1S/C18H11ClN8O7.C13H10ClN3O/c19-10-1-3-11(4-2-10)20-21-14-6-5-12(7-15(14)26(31)32)23-22-18-16(24(23)28)8-13(25(29)30)9-17(18)27(33)34;1-9-6-7-11-13(8-9)17(18)16(15-11)12-5-3-2-4-10(12)14/h1-9,20-21H;2-8H,1H3. The van der Waals surface area contributed by atoms with Gasteiger partial charge in [-0.25, -0.2) is 0 Å². The maximum absolute atomic E-state index is 12.7. The maximum Gasteiger partial charge on any atom is 0.334 e. The normalized spacial score (nSPS) is 10.8. The van der Waals surface area contributed by atoms with Crippen molar-refractivity contribution >= 4 is 73.7 Å². The van der Waals surface area contributed by atoms with Crippen LogP contribution in [-0.2, 0) is 0 Å². The van der Waals surface area contributed by atoms with Crippen LogP contribution in [0.15, 0.2) is 97.1 Å². The first-order valence-electron chi connectivity index (χ1n) is 14.7. The number of hydrazine groups is 1. The van der Waals surface area contributed by atoms with Crippen LogP contribution >= 0.6 is 23.2 Å². The van der Waals surface area contributed by atoms with Crippen molar-refractivity contribution in [1.29, 1.82) is 0 Å². The van der Waals surface area contributed by atoms with Gasteiger partial charge in [-0.15, -0.1) is 9.69 Å². The van der Waals surface area contributed by atoms with E-state index in [2.05, 4.69) is 21.0 Å². The number of nitro groups is 3. The van der Waals surface area contributed by atoms with E-state index in [0.717, 1.165) is 22.5 Å². The Morgan fingerprint density at radius 3 is 2.06 bits per heavy atom. The Kier molecular flexibility index (Phi) is 9.36. The molecule has 0 fully saturated rings. The first-order valence-corrected chi connectivity index (χ1v) is 15.4. The Morgan fingerprint density at radius 1 is 0.692 bits per heavy atom. The second-order valence-corrected chi connectivity index (χ2v) is 11.7. The van der Waals surface area contributed by atoms with Crippen LogP contribution in [0.5, 0.6) is 0 Å². The van der Waals surface area contributed by atoms with Gasteiger partial charge in [0.2, 0.25) is 16.6 Å². The minimum Gasteiger partial charge on any atom is -0.692 e. The van der Waals surface area contributed by atoms with E-state index in [1.54, 1.807) is 36.4 Å². The number of fused-ring (bicyclic) bond motifs is 2. The molecule has 52 heavy (non-hydrogen) atoms. The number of non-ortho nitro benzene ring substituents is 2. The third-order valence-corrected chi connectivity index (χ3v) is 7.98. The molecule has 0 atom stereocenters. The van der Waals surface area contributed by atoms with Crippen molar-refractivity contribution in [2.75, 3.05) is 10.9 Å². The zero-order chi connectivity index (χ0) is 37.3. The van der Waals surface area contributed by atoms with Gasteiger partial charge in [-0.1, -0.05) is 41.4 Å². The number of hydrogen-bond donors (Lipinski definition) is 2. The van der Waals surface area contributed by atoms with Crippen molar-refractivity contribution in [3.8, 4) is 11.4 Å². The molecule has 2 N–H and O–H groups in total. The summed E-state index contributed by atoms with van der Waals surface area (Å²) in [5.74, 6) is 0. The molecule has 7 rings (SSSR count). The molecule has 5 aromatic carbocycles. The fraction of sp³-hybridized carbons (Fsp3) is 0.0323. The van der Waals surface area contributed by atoms with E-state index >= 15 is 0 Å². The molecule has 0 saturated heterocycles. The van der Waals surface area contributed by atoms with Crippen LogP contribution in [0.2, 0.25) is 10.0 Å². The minimum atomic E-state index is -0.912. The lowest BCUT2D eigenvalue weighted by atomic mass is 10.2. The zero-order valence-corrected chi connectivity index (χ0v) is 27.8. The average molecular weight is 746 g/mol. The molecule has 0 aliphatic carbocycles. The van der Waals surface area contributed by atoms with Gasteiger partial charge in [0.1, 0.15) is 17.1 Å². The molecule has 0 radical (unpaired) electrons. The second-order valence-electron chi connectivity index (χ2n) is 10.8. The lowest BCUT2D eigenvalue weighted by Gasteiger charge is -2.11. The summed E-state index contributed by atoms with van der Waals surface area (Å²) in [6, 6.07) is 24.3. The van der Waals surface area contributed by atoms with E-state index in [9.17, 15) is 40.8 Å². The third-order valence-electron chi connectivity index (χ3n) is 7.41. The number of rotatable bonds is 8. The van der Waals surface area contributed by atoms with Gasteiger partial charge in [0.15, 0.2) is 0 Å². The van der Waals surface area contributed by atoms with Crippen molar-refractivity contribution in [2.45, 2.75) is 6.92 Å². The van der Waals surface area contributed by atoms with Crippen molar-refractivity contribution in [2.24, 2.45) is 0 Å². The smallest absolute Gasteiger partial charge is 0.334 e. The summed E-state index contributed by atoms with van der Waals surface area (Å²) in [4.78, 5) is 34.3. The SMILES string of the molecule is Cc1ccc2nn(-c3ccccc3Cl)[n+]([O-])c2c1.O=[N+]([O-])c1cc([N+](=O)[O-])c2nn(-c3ccc(NNc4ccc(Cl)cc4)c([N+](=O)[O-])c3)[n+]([O-])c2c1. The highest BCUT2D eigenvalue weighted by Crippen LogP contribution is 2.31. The highest BCUT2D eigenvalue weighted by atomic mass is 35.5. The number of para-hydroxylation sites is 1. The van der Waals surface area contributed by atoms with E-state index in [1.807, 2.05) is 37.3 Å². The Labute approximate surface area is 300 Å². The van der Waals surface area contributed by atoms with Gasteiger partial charge < -0.3 is 15.8 Å². The number of nitrogens with one attached hydrogen (secondary N) is 2. The number of halogens is 2. The lowest BCUT2D eigenvalue weighted by molar-refractivity contribution is -0.664. The van der Waals surface area contributed by atoms with Crippen molar-refractivity contribution in [1.82, 2.24) is 19.8 Å². The fourth-order valence-electron chi connectivity index (χ4n) is 4.94. The highest BCUT2D eigenvalue weighted by molar-refractivity contribution is 6.32. The quantitative estimate of drug-likeness (QED) is 0.0776. The molecule has 21 heteroatoms. The summed E-state index contributed by atoms with van der Waals surface area (Å²) in [7, 11) is 0. The number of aryl methyl sites for hydroxylation is 1.